The van der Waals surface area contributed by atoms with Crippen molar-refractivity contribution in [3.63, 3.8) is 0 Å². The predicted molar refractivity (Wildman–Crippen MR) is 95.1 cm³/mol. The van der Waals surface area contributed by atoms with Crippen LogP contribution in [0.4, 0.5) is 5.69 Å². The first-order valence-corrected chi connectivity index (χ1v) is 8.12. The number of anilines is 1. The Morgan fingerprint density at radius 3 is 2.96 bits per heavy atom. The molecule has 0 bridgehead atoms. The maximum atomic E-state index is 13.3. The molecule has 0 aliphatic carbocycles. The standard InChI is InChI=1S/C19H20N4O/c1-12-8-15-17(20)4-3-5-18(15)23(12)19(24)16-10-21-9-13-11-22(2)7-6-14(13)16/h3-5,8-10H,6-7,11,20H2,1-2H3. The van der Waals surface area contributed by atoms with E-state index in [2.05, 4.69) is 16.9 Å². The highest BCUT2D eigenvalue weighted by Crippen LogP contribution is 2.27. The van der Waals surface area contributed by atoms with Crippen molar-refractivity contribution in [2.75, 3.05) is 19.3 Å². The van der Waals surface area contributed by atoms with Gasteiger partial charge in [-0.15, -0.1) is 0 Å². The minimum absolute atomic E-state index is 0.0259. The fourth-order valence-corrected chi connectivity index (χ4v) is 3.59. The summed E-state index contributed by atoms with van der Waals surface area (Å²) in [4.78, 5) is 19.8. The van der Waals surface area contributed by atoms with Gasteiger partial charge in [0.1, 0.15) is 0 Å². The first-order valence-electron chi connectivity index (χ1n) is 8.12. The van der Waals surface area contributed by atoms with Crippen molar-refractivity contribution >= 4 is 22.5 Å². The van der Waals surface area contributed by atoms with Crippen LogP contribution < -0.4 is 5.73 Å². The third-order valence-electron chi connectivity index (χ3n) is 4.83. The third kappa shape index (κ3) is 2.20. The molecular weight excluding hydrogens is 300 g/mol. The summed E-state index contributed by atoms with van der Waals surface area (Å²) in [5, 5.41) is 0.917. The molecule has 0 amide bonds. The van der Waals surface area contributed by atoms with Crippen molar-refractivity contribution in [1.29, 1.82) is 0 Å². The Labute approximate surface area is 140 Å². The zero-order chi connectivity index (χ0) is 16.8. The van der Waals surface area contributed by atoms with Gasteiger partial charge in [-0.2, -0.15) is 0 Å². The van der Waals surface area contributed by atoms with Crippen LogP contribution in [-0.4, -0.2) is 34.0 Å². The molecule has 1 aliphatic heterocycles. The van der Waals surface area contributed by atoms with Gasteiger partial charge < -0.3 is 10.6 Å². The number of aryl methyl sites for hydroxylation is 1. The van der Waals surface area contributed by atoms with E-state index in [0.717, 1.165) is 47.2 Å². The van der Waals surface area contributed by atoms with Crippen LogP contribution in [0.3, 0.4) is 0 Å². The SMILES string of the molecule is Cc1cc2c(N)cccc2n1C(=O)c1cncc2c1CCN(C)C2. The highest BCUT2D eigenvalue weighted by Gasteiger charge is 2.23. The van der Waals surface area contributed by atoms with Crippen molar-refractivity contribution in [3.05, 3.63) is 59.0 Å². The number of rotatable bonds is 1. The van der Waals surface area contributed by atoms with Crippen LogP contribution in [-0.2, 0) is 13.0 Å². The average Bonchev–Trinajstić information content (AvgIpc) is 2.91. The third-order valence-corrected chi connectivity index (χ3v) is 4.83. The normalized spacial score (nSPS) is 14.8. The van der Waals surface area contributed by atoms with Gasteiger partial charge in [0.15, 0.2) is 0 Å². The largest absolute Gasteiger partial charge is 0.398 e. The number of hydrogen-bond acceptors (Lipinski definition) is 4. The molecule has 2 N–H and O–H groups in total. The van der Waals surface area contributed by atoms with E-state index in [9.17, 15) is 4.79 Å². The van der Waals surface area contributed by atoms with Crippen LogP contribution >= 0.6 is 0 Å². The fraction of sp³-hybridized carbons (Fsp3) is 0.263. The van der Waals surface area contributed by atoms with Gasteiger partial charge >= 0.3 is 0 Å². The zero-order valence-electron chi connectivity index (χ0n) is 13.9. The molecule has 2 aromatic heterocycles. The number of pyridine rings is 1. The molecular formula is C19H20N4O. The predicted octanol–water partition coefficient (Wildman–Crippen LogP) is 2.60. The molecule has 0 atom stereocenters. The summed E-state index contributed by atoms with van der Waals surface area (Å²) in [6.45, 7) is 3.73. The first kappa shape index (κ1) is 14.9. The molecule has 122 valence electrons. The number of fused-ring (bicyclic) bond motifs is 2. The molecule has 3 heterocycles. The number of likely N-dealkylation sites (N-methyl/N-ethyl adjacent to an activating group) is 1. The lowest BCUT2D eigenvalue weighted by Gasteiger charge is -2.26. The van der Waals surface area contributed by atoms with Gasteiger partial charge in [-0.1, -0.05) is 6.07 Å². The van der Waals surface area contributed by atoms with Crippen LogP contribution in [0.5, 0.6) is 0 Å². The van der Waals surface area contributed by atoms with Crippen molar-refractivity contribution < 1.29 is 4.79 Å². The van der Waals surface area contributed by atoms with Crippen molar-refractivity contribution in [2.24, 2.45) is 0 Å². The number of carbonyl (C=O) groups excluding carboxylic acids is 1. The lowest BCUT2D eigenvalue weighted by molar-refractivity contribution is 0.0961. The number of carbonyl (C=O) groups is 1. The molecule has 5 heteroatoms. The molecule has 0 fully saturated rings. The second-order valence-electron chi connectivity index (χ2n) is 6.52. The molecule has 0 radical (unpaired) electrons. The van der Waals surface area contributed by atoms with E-state index in [1.165, 1.54) is 0 Å². The minimum Gasteiger partial charge on any atom is -0.398 e. The van der Waals surface area contributed by atoms with Crippen molar-refractivity contribution in [2.45, 2.75) is 19.9 Å². The Morgan fingerprint density at radius 2 is 2.12 bits per heavy atom. The van der Waals surface area contributed by atoms with Crippen molar-refractivity contribution in [3.8, 4) is 0 Å². The fourth-order valence-electron chi connectivity index (χ4n) is 3.59. The molecule has 24 heavy (non-hydrogen) atoms. The quantitative estimate of drug-likeness (QED) is 0.700. The number of nitrogens with two attached hydrogens (primary N) is 1. The number of benzene rings is 1. The summed E-state index contributed by atoms with van der Waals surface area (Å²) in [5.41, 5.74) is 11.5. The molecule has 0 saturated heterocycles. The Bertz CT molecular complexity index is 957. The Morgan fingerprint density at radius 1 is 1.29 bits per heavy atom. The maximum absolute atomic E-state index is 13.3. The molecule has 1 aromatic carbocycles. The molecule has 0 saturated carbocycles. The summed E-state index contributed by atoms with van der Waals surface area (Å²) in [6, 6.07) is 7.65. The van der Waals surface area contributed by atoms with Gasteiger partial charge in [0.05, 0.1) is 11.1 Å². The molecule has 3 aromatic rings. The van der Waals surface area contributed by atoms with Crippen LogP contribution in [0, 0.1) is 6.92 Å². The summed E-state index contributed by atoms with van der Waals surface area (Å²) in [6.07, 6.45) is 4.44. The maximum Gasteiger partial charge on any atom is 0.264 e. The van der Waals surface area contributed by atoms with Crippen LogP contribution in [0.2, 0.25) is 0 Å². The lowest BCUT2D eigenvalue weighted by Crippen LogP contribution is -2.29. The van der Waals surface area contributed by atoms with E-state index in [0.29, 0.717) is 11.3 Å². The highest BCUT2D eigenvalue weighted by molar-refractivity contribution is 6.06. The Kier molecular flexibility index (Phi) is 3.39. The van der Waals surface area contributed by atoms with E-state index < -0.39 is 0 Å². The summed E-state index contributed by atoms with van der Waals surface area (Å²) in [7, 11) is 2.09. The minimum atomic E-state index is -0.0259. The second-order valence-corrected chi connectivity index (χ2v) is 6.52. The average molecular weight is 320 g/mol. The van der Waals surface area contributed by atoms with Crippen LogP contribution in [0.15, 0.2) is 36.7 Å². The monoisotopic (exact) mass is 320 g/mol. The molecule has 1 aliphatic rings. The summed E-state index contributed by atoms with van der Waals surface area (Å²) < 4.78 is 1.75. The molecule has 0 unspecified atom stereocenters. The Balaban J connectivity index is 1.88. The highest BCUT2D eigenvalue weighted by atomic mass is 16.2. The number of hydrogen-bond donors (Lipinski definition) is 1. The zero-order valence-corrected chi connectivity index (χ0v) is 13.9. The van der Waals surface area contributed by atoms with E-state index in [1.54, 1.807) is 10.8 Å². The number of aromatic nitrogens is 2. The molecule has 0 spiro atoms. The van der Waals surface area contributed by atoms with Gasteiger partial charge in [0, 0.05) is 42.3 Å². The number of nitrogens with zero attached hydrogens (tertiary/aromatic N) is 3. The van der Waals surface area contributed by atoms with Crippen molar-refractivity contribution in [1.82, 2.24) is 14.5 Å². The van der Waals surface area contributed by atoms with E-state index >= 15 is 0 Å². The lowest BCUT2D eigenvalue weighted by atomic mass is 9.97. The smallest absolute Gasteiger partial charge is 0.264 e. The van der Waals surface area contributed by atoms with Crippen LogP contribution in [0.1, 0.15) is 27.2 Å². The van der Waals surface area contributed by atoms with Gasteiger partial charge in [0.25, 0.3) is 5.91 Å². The van der Waals surface area contributed by atoms with Gasteiger partial charge in [-0.3, -0.25) is 14.3 Å². The first-order chi connectivity index (χ1) is 11.6. The van der Waals surface area contributed by atoms with E-state index in [4.69, 9.17) is 5.73 Å². The van der Waals surface area contributed by atoms with Crippen LogP contribution in [0.25, 0.3) is 10.9 Å². The van der Waals surface area contributed by atoms with Gasteiger partial charge in [-0.05, 0) is 49.7 Å². The summed E-state index contributed by atoms with van der Waals surface area (Å²) in [5.74, 6) is -0.0259. The molecule has 5 nitrogen and oxygen atoms in total. The summed E-state index contributed by atoms with van der Waals surface area (Å²) >= 11 is 0. The topological polar surface area (TPSA) is 64.1 Å². The van der Waals surface area contributed by atoms with E-state index in [-0.39, 0.29) is 5.91 Å². The molecule has 4 rings (SSSR count). The van der Waals surface area contributed by atoms with Gasteiger partial charge in [0.2, 0.25) is 0 Å². The van der Waals surface area contributed by atoms with E-state index in [1.807, 2.05) is 37.4 Å². The Hall–Kier alpha value is -2.66. The number of nitrogen functional groups attached to an aromatic ring is 1. The second kappa shape index (κ2) is 5.46. The van der Waals surface area contributed by atoms with Gasteiger partial charge in [-0.25, -0.2) is 0 Å².